The number of terminal acetylenes is 1. The molecular weight excluding hydrogens is 320 g/mol. The van der Waals surface area contributed by atoms with E-state index in [1.165, 1.54) is 0 Å². The van der Waals surface area contributed by atoms with Crippen LogP contribution in [0.5, 0.6) is 0 Å². The number of anilines is 1. The molecule has 106 valence electrons. The molecule has 1 aliphatic rings. The van der Waals surface area contributed by atoms with Crippen LogP contribution in [0.1, 0.15) is 0 Å². The minimum atomic E-state index is 0.101. The predicted octanol–water partition coefficient (Wildman–Crippen LogP) is 0.715. The van der Waals surface area contributed by atoms with Crippen LogP contribution in [0, 0.1) is 12.3 Å². The Kier molecular flexibility index (Phi) is 5.39. The van der Waals surface area contributed by atoms with Crippen molar-refractivity contribution in [3.05, 3.63) is 22.8 Å². The van der Waals surface area contributed by atoms with E-state index in [1.807, 2.05) is 17.0 Å². The highest BCUT2D eigenvalue weighted by molar-refractivity contribution is 9.10. The molecule has 0 atom stereocenters. The fraction of sp³-hybridized carbons (Fsp3) is 0.429. The van der Waals surface area contributed by atoms with E-state index in [4.69, 9.17) is 6.42 Å². The van der Waals surface area contributed by atoms with Gasteiger partial charge in [0.1, 0.15) is 5.82 Å². The van der Waals surface area contributed by atoms with Crippen LogP contribution in [0.4, 0.5) is 5.82 Å². The first-order valence-corrected chi connectivity index (χ1v) is 7.28. The van der Waals surface area contributed by atoms with E-state index in [-0.39, 0.29) is 5.91 Å². The number of amides is 1. The van der Waals surface area contributed by atoms with Gasteiger partial charge in [-0.15, -0.1) is 6.42 Å². The van der Waals surface area contributed by atoms with Crippen molar-refractivity contribution < 1.29 is 4.79 Å². The number of piperazine rings is 1. The second-order valence-electron chi connectivity index (χ2n) is 4.51. The van der Waals surface area contributed by atoms with E-state index < -0.39 is 0 Å². The van der Waals surface area contributed by atoms with Crippen molar-refractivity contribution in [2.45, 2.75) is 0 Å². The minimum absolute atomic E-state index is 0.101. The maximum atomic E-state index is 11.9. The molecule has 0 unspecified atom stereocenters. The first-order valence-electron chi connectivity index (χ1n) is 6.49. The molecule has 5 nitrogen and oxygen atoms in total. The molecule has 0 aliphatic carbocycles. The van der Waals surface area contributed by atoms with Crippen LogP contribution < -0.4 is 10.2 Å². The van der Waals surface area contributed by atoms with Crippen LogP contribution in [0.2, 0.25) is 0 Å². The van der Waals surface area contributed by atoms with Gasteiger partial charge in [0.05, 0.1) is 13.1 Å². The van der Waals surface area contributed by atoms with Gasteiger partial charge in [-0.05, 0) is 28.1 Å². The highest BCUT2D eigenvalue weighted by atomic mass is 79.9. The standard InChI is InChI=1S/C14H17BrN4O/c1-2-5-16-11-14(20)19-8-6-18(7-9-19)13-4-3-12(15)10-17-13/h1,3-4,10,16H,5-9,11H2. The van der Waals surface area contributed by atoms with Crippen LogP contribution in [0.15, 0.2) is 22.8 Å². The summed E-state index contributed by atoms with van der Waals surface area (Å²) in [6.45, 7) is 3.77. The Balaban J connectivity index is 1.81. The van der Waals surface area contributed by atoms with Gasteiger partial charge in [-0.3, -0.25) is 10.1 Å². The summed E-state index contributed by atoms with van der Waals surface area (Å²) in [4.78, 5) is 20.3. The van der Waals surface area contributed by atoms with Gasteiger partial charge < -0.3 is 9.80 Å². The van der Waals surface area contributed by atoms with E-state index in [2.05, 4.69) is 37.1 Å². The van der Waals surface area contributed by atoms with Crippen LogP contribution in [-0.2, 0) is 4.79 Å². The van der Waals surface area contributed by atoms with Gasteiger partial charge in [-0.2, -0.15) is 0 Å². The van der Waals surface area contributed by atoms with E-state index in [1.54, 1.807) is 6.20 Å². The number of hydrogen-bond donors (Lipinski definition) is 1. The smallest absolute Gasteiger partial charge is 0.236 e. The summed E-state index contributed by atoms with van der Waals surface area (Å²) < 4.78 is 0.967. The molecule has 20 heavy (non-hydrogen) atoms. The summed E-state index contributed by atoms with van der Waals surface area (Å²) in [5.41, 5.74) is 0. The van der Waals surface area contributed by atoms with Gasteiger partial charge >= 0.3 is 0 Å². The zero-order chi connectivity index (χ0) is 14.4. The summed E-state index contributed by atoms with van der Waals surface area (Å²) >= 11 is 3.37. The number of rotatable bonds is 4. The number of carbonyl (C=O) groups excluding carboxylic acids is 1. The molecule has 0 saturated carbocycles. The monoisotopic (exact) mass is 336 g/mol. The van der Waals surface area contributed by atoms with Crippen LogP contribution in [0.3, 0.4) is 0 Å². The maximum Gasteiger partial charge on any atom is 0.236 e. The lowest BCUT2D eigenvalue weighted by atomic mass is 10.3. The Labute approximate surface area is 127 Å². The highest BCUT2D eigenvalue weighted by Gasteiger charge is 2.21. The average molecular weight is 337 g/mol. The zero-order valence-corrected chi connectivity index (χ0v) is 12.8. The summed E-state index contributed by atoms with van der Waals surface area (Å²) in [5, 5.41) is 2.92. The lowest BCUT2D eigenvalue weighted by Crippen LogP contribution is -2.51. The van der Waals surface area contributed by atoms with E-state index in [0.29, 0.717) is 26.2 Å². The van der Waals surface area contributed by atoms with E-state index >= 15 is 0 Å². The third-order valence-corrected chi connectivity index (χ3v) is 3.64. The van der Waals surface area contributed by atoms with E-state index in [0.717, 1.165) is 23.4 Å². The molecule has 2 heterocycles. The minimum Gasteiger partial charge on any atom is -0.353 e. The fourth-order valence-corrected chi connectivity index (χ4v) is 2.33. The summed E-state index contributed by atoms with van der Waals surface area (Å²) in [6, 6.07) is 3.96. The third kappa shape index (κ3) is 3.95. The van der Waals surface area contributed by atoms with Crippen LogP contribution >= 0.6 is 15.9 Å². The molecule has 1 aromatic heterocycles. The molecule has 6 heteroatoms. The molecule has 0 radical (unpaired) electrons. The van der Waals surface area contributed by atoms with Crippen molar-refractivity contribution >= 4 is 27.7 Å². The molecule has 1 aliphatic heterocycles. The van der Waals surface area contributed by atoms with Crippen molar-refractivity contribution in [1.29, 1.82) is 0 Å². The molecule has 1 aromatic rings. The molecule has 0 spiro atoms. The normalized spacial score (nSPS) is 15.0. The Bertz CT molecular complexity index is 489. The summed E-state index contributed by atoms with van der Waals surface area (Å²) in [6.07, 6.45) is 6.92. The SMILES string of the molecule is C#CCNCC(=O)N1CCN(c2ccc(Br)cn2)CC1. The molecule has 1 N–H and O–H groups in total. The van der Waals surface area contributed by atoms with Crippen LogP contribution in [0.25, 0.3) is 0 Å². The first-order chi connectivity index (χ1) is 9.70. The molecule has 0 bridgehead atoms. The quantitative estimate of drug-likeness (QED) is 0.650. The Morgan fingerprint density at radius 3 is 2.75 bits per heavy atom. The van der Waals surface area contributed by atoms with Gasteiger partial charge in [-0.25, -0.2) is 4.98 Å². The number of carbonyl (C=O) groups is 1. The molecule has 0 aromatic carbocycles. The number of pyridine rings is 1. The van der Waals surface area contributed by atoms with Gasteiger partial charge in [0, 0.05) is 36.8 Å². The third-order valence-electron chi connectivity index (χ3n) is 3.17. The molecule has 2 rings (SSSR count). The fourth-order valence-electron chi connectivity index (χ4n) is 2.09. The maximum absolute atomic E-state index is 11.9. The Morgan fingerprint density at radius 1 is 1.40 bits per heavy atom. The lowest BCUT2D eigenvalue weighted by molar-refractivity contribution is -0.130. The molecule has 1 saturated heterocycles. The zero-order valence-electron chi connectivity index (χ0n) is 11.2. The number of nitrogens with one attached hydrogen (secondary N) is 1. The van der Waals surface area contributed by atoms with Crippen molar-refractivity contribution in [3.63, 3.8) is 0 Å². The van der Waals surface area contributed by atoms with Crippen molar-refractivity contribution in [2.75, 3.05) is 44.2 Å². The number of nitrogens with zero attached hydrogens (tertiary/aromatic N) is 3. The average Bonchev–Trinajstić information content (AvgIpc) is 2.48. The van der Waals surface area contributed by atoms with Gasteiger partial charge in [0.15, 0.2) is 0 Å². The molecular formula is C14H17BrN4O. The van der Waals surface area contributed by atoms with Crippen LogP contribution in [-0.4, -0.2) is 55.1 Å². The number of aromatic nitrogens is 1. The molecule has 1 fully saturated rings. The second-order valence-corrected chi connectivity index (χ2v) is 5.43. The summed E-state index contributed by atoms with van der Waals surface area (Å²) in [7, 11) is 0. The topological polar surface area (TPSA) is 48.5 Å². The van der Waals surface area contributed by atoms with Crippen molar-refractivity contribution in [2.24, 2.45) is 0 Å². The lowest BCUT2D eigenvalue weighted by Gasteiger charge is -2.35. The van der Waals surface area contributed by atoms with Gasteiger partial charge in [0.25, 0.3) is 0 Å². The summed E-state index contributed by atoms with van der Waals surface area (Å²) in [5.74, 6) is 3.51. The second kappa shape index (κ2) is 7.27. The largest absolute Gasteiger partial charge is 0.353 e. The van der Waals surface area contributed by atoms with Gasteiger partial charge in [0.2, 0.25) is 5.91 Å². The predicted molar refractivity (Wildman–Crippen MR) is 82.4 cm³/mol. The molecule has 1 amide bonds. The van der Waals surface area contributed by atoms with Gasteiger partial charge in [-0.1, -0.05) is 5.92 Å². The number of halogens is 1. The van der Waals surface area contributed by atoms with Crippen molar-refractivity contribution in [1.82, 2.24) is 15.2 Å². The Hall–Kier alpha value is -1.58. The Morgan fingerprint density at radius 2 is 2.15 bits per heavy atom. The van der Waals surface area contributed by atoms with Crippen molar-refractivity contribution in [3.8, 4) is 12.3 Å². The number of hydrogen-bond acceptors (Lipinski definition) is 4. The first kappa shape index (κ1) is 14.8. The highest BCUT2D eigenvalue weighted by Crippen LogP contribution is 2.16. The van der Waals surface area contributed by atoms with E-state index in [9.17, 15) is 4.79 Å².